The van der Waals surface area contributed by atoms with E-state index in [2.05, 4.69) is 4.74 Å². The number of esters is 1. The van der Waals surface area contributed by atoms with Gasteiger partial charge in [-0.1, -0.05) is 0 Å². The Bertz CT molecular complexity index is 504. The maximum atomic E-state index is 11.2. The second-order valence-corrected chi connectivity index (χ2v) is 2.82. The standard InChI is InChI=1S/C9H7N3O4/c1-16-9(13)6-3-8(12(14)15)7(11)2-5(6)4-10/h2-3H,11H2,1H3. The molecule has 0 fully saturated rings. The number of rotatable bonds is 2. The number of hydrogen-bond acceptors (Lipinski definition) is 6. The molecule has 0 radical (unpaired) electrons. The van der Waals surface area contributed by atoms with E-state index in [-0.39, 0.29) is 16.8 Å². The van der Waals surface area contributed by atoms with Crippen LogP contribution in [0.2, 0.25) is 0 Å². The lowest BCUT2D eigenvalue weighted by Gasteiger charge is -2.03. The Balaban J connectivity index is 3.48. The van der Waals surface area contributed by atoms with Crippen LogP contribution in [0.4, 0.5) is 11.4 Å². The van der Waals surface area contributed by atoms with E-state index in [0.717, 1.165) is 19.2 Å². The zero-order valence-corrected chi connectivity index (χ0v) is 8.26. The van der Waals surface area contributed by atoms with Crippen LogP contribution in [0.1, 0.15) is 15.9 Å². The molecular formula is C9H7N3O4. The maximum Gasteiger partial charge on any atom is 0.339 e. The molecule has 0 saturated carbocycles. The highest BCUT2D eigenvalue weighted by Gasteiger charge is 2.20. The molecule has 0 heterocycles. The molecule has 0 spiro atoms. The number of ether oxygens (including phenoxy) is 1. The molecule has 0 aliphatic carbocycles. The van der Waals surface area contributed by atoms with Gasteiger partial charge in [-0.2, -0.15) is 5.26 Å². The average Bonchev–Trinajstić information content (AvgIpc) is 2.27. The molecule has 16 heavy (non-hydrogen) atoms. The SMILES string of the molecule is COC(=O)c1cc([N+](=O)[O-])c(N)cc1C#N. The number of nitrogens with zero attached hydrogens (tertiary/aromatic N) is 2. The fraction of sp³-hybridized carbons (Fsp3) is 0.111. The first kappa shape index (κ1) is 11.5. The van der Waals surface area contributed by atoms with E-state index in [1.807, 2.05) is 0 Å². The summed E-state index contributed by atoms with van der Waals surface area (Å²) >= 11 is 0. The Labute approximate surface area is 90.2 Å². The number of nitro groups is 1. The number of methoxy groups -OCH3 is 1. The summed E-state index contributed by atoms with van der Waals surface area (Å²) in [6.45, 7) is 0. The number of nitro benzene ring substituents is 1. The number of nitrogen functional groups attached to an aromatic ring is 1. The molecule has 0 aliphatic rings. The number of hydrogen-bond donors (Lipinski definition) is 1. The van der Waals surface area contributed by atoms with Gasteiger partial charge in [-0.25, -0.2) is 4.79 Å². The predicted molar refractivity (Wildman–Crippen MR) is 53.6 cm³/mol. The van der Waals surface area contributed by atoms with Crippen molar-refractivity contribution in [3.8, 4) is 6.07 Å². The third-order valence-electron chi connectivity index (χ3n) is 1.89. The molecule has 0 amide bonds. The second kappa shape index (κ2) is 4.27. The van der Waals surface area contributed by atoms with Crippen molar-refractivity contribution in [3.63, 3.8) is 0 Å². The summed E-state index contributed by atoms with van der Waals surface area (Å²) < 4.78 is 4.40. The molecule has 1 aromatic rings. The number of carbonyl (C=O) groups is 1. The molecule has 0 aliphatic heterocycles. The lowest BCUT2D eigenvalue weighted by Crippen LogP contribution is -2.07. The lowest BCUT2D eigenvalue weighted by atomic mass is 10.1. The molecule has 0 aromatic heterocycles. The predicted octanol–water partition coefficient (Wildman–Crippen LogP) is 0.835. The zero-order valence-electron chi connectivity index (χ0n) is 8.26. The Kier molecular flexibility index (Phi) is 3.06. The molecule has 0 unspecified atom stereocenters. The number of carbonyl (C=O) groups excluding carboxylic acids is 1. The van der Waals surface area contributed by atoms with Gasteiger partial charge in [-0.3, -0.25) is 10.1 Å². The summed E-state index contributed by atoms with van der Waals surface area (Å²) in [7, 11) is 1.12. The van der Waals surface area contributed by atoms with Crippen LogP contribution in [0.15, 0.2) is 12.1 Å². The van der Waals surface area contributed by atoms with Gasteiger partial charge in [0.15, 0.2) is 0 Å². The number of nitrogens with two attached hydrogens (primary N) is 1. The van der Waals surface area contributed by atoms with Crippen molar-refractivity contribution < 1.29 is 14.5 Å². The van der Waals surface area contributed by atoms with Crippen molar-refractivity contribution in [2.24, 2.45) is 0 Å². The molecule has 7 nitrogen and oxygen atoms in total. The molecule has 1 rings (SSSR count). The van der Waals surface area contributed by atoms with E-state index in [1.165, 1.54) is 0 Å². The number of anilines is 1. The zero-order chi connectivity index (χ0) is 12.3. The van der Waals surface area contributed by atoms with Crippen LogP contribution in [0.5, 0.6) is 0 Å². The molecule has 2 N–H and O–H groups in total. The molecule has 0 bridgehead atoms. The molecular weight excluding hydrogens is 214 g/mol. The molecule has 1 aromatic carbocycles. The summed E-state index contributed by atoms with van der Waals surface area (Å²) in [5.74, 6) is -0.820. The monoisotopic (exact) mass is 221 g/mol. The second-order valence-electron chi connectivity index (χ2n) is 2.82. The van der Waals surface area contributed by atoms with Gasteiger partial charge in [0.1, 0.15) is 11.8 Å². The first-order valence-electron chi connectivity index (χ1n) is 4.07. The molecule has 82 valence electrons. The number of nitriles is 1. The van der Waals surface area contributed by atoms with Gasteiger partial charge in [-0.15, -0.1) is 0 Å². The van der Waals surface area contributed by atoms with E-state index in [4.69, 9.17) is 11.0 Å². The van der Waals surface area contributed by atoms with Crippen LogP contribution in [0.25, 0.3) is 0 Å². The summed E-state index contributed by atoms with van der Waals surface area (Å²) in [4.78, 5) is 21.1. The van der Waals surface area contributed by atoms with Crippen LogP contribution in [0.3, 0.4) is 0 Å². The van der Waals surface area contributed by atoms with Crippen molar-refractivity contribution in [1.82, 2.24) is 0 Å². The van der Waals surface area contributed by atoms with Crippen LogP contribution < -0.4 is 5.73 Å². The van der Waals surface area contributed by atoms with Gasteiger partial charge in [0.05, 0.1) is 23.2 Å². The van der Waals surface area contributed by atoms with E-state index < -0.39 is 16.6 Å². The third-order valence-corrected chi connectivity index (χ3v) is 1.89. The number of benzene rings is 1. The summed E-state index contributed by atoms with van der Waals surface area (Å²) in [6, 6.07) is 3.72. The van der Waals surface area contributed by atoms with E-state index in [1.54, 1.807) is 6.07 Å². The van der Waals surface area contributed by atoms with Crippen LogP contribution >= 0.6 is 0 Å². The summed E-state index contributed by atoms with van der Waals surface area (Å²) in [6.07, 6.45) is 0. The minimum absolute atomic E-state index is 0.0602. The van der Waals surface area contributed by atoms with E-state index in [0.29, 0.717) is 0 Å². The quantitative estimate of drug-likeness (QED) is 0.342. The Morgan fingerprint density at radius 1 is 1.62 bits per heavy atom. The molecule has 0 atom stereocenters. The molecule has 7 heteroatoms. The van der Waals surface area contributed by atoms with Crippen molar-refractivity contribution in [2.45, 2.75) is 0 Å². The highest BCUT2D eigenvalue weighted by Crippen LogP contribution is 2.25. The minimum atomic E-state index is -0.820. The van der Waals surface area contributed by atoms with E-state index in [9.17, 15) is 14.9 Å². The van der Waals surface area contributed by atoms with Crippen LogP contribution in [-0.4, -0.2) is 18.0 Å². The normalized spacial score (nSPS) is 9.25. The topological polar surface area (TPSA) is 119 Å². The summed E-state index contributed by atoms with van der Waals surface area (Å²) in [5.41, 5.74) is 4.53. The average molecular weight is 221 g/mol. The van der Waals surface area contributed by atoms with Gasteiger partial charge < -0.3 is 10.5 Å². The fourth-order valence-electron chi connectivity index (χ4n) is 1.13. The van der Waals surface area contributed by atoms with Crippen molar-refractivity contribution in [2.75, 3.05) is 12.8 Å². The Hall–Kier alpha value is -2.62. The van der Waals surface area contributed by atoms with Crippen molar-refractivity contribution in [1.29, 1.82) is 5.26 Å². The van der Waals surface area contributed by atoms with Crippen LogP contribution in [-0.2, 0) is 4.74 Å². The van der Waals surface area contributed by atoms with Gasteiger partial charge in [0, 0.05) is 6.07 Å². The minimum Gasteiger partial charge on any atom is -0.465 e. The third kappa shape index (κ3) is 1.90. The highest BCUT2D eigenvalue weighted by atomic mass is 16.6. The van der Waals surface area contributed by atoms with Gasteiger partial charge in [-0.05, 0) is 6.07 Å². The lowest BCUT2D eigenvalue weighted by molar-refractivity contribution is -0.383. The maximum absolute atomic E-state index is 11.2. The smallest absolute Gasteiger partial charge is 0.339 e. The Morgan fingerprint density at radius 2 is 2.25 bits per heavy atom. The van der Waals surface area contributed by atoms with Crippen LogP contribution in [0, 0.1) is 21.4 Å². The fourth-order valence-corrected chi connectivity index (χ4v) is 1.13. The summed E-state index contributed by atoms with van der Waals surface area (Å²) in [5, 5.41) is 19.3. The largest absolute Gasteiger partial charge is 0.465 e. The van der Waals surface area contributed by atoms with Crippen molar-refractivity contribution >= 4 is 17.3 Å². The molecule has 0 saturated heterocycles. The van der Waals surface area contributed by atoms with Gasteiger partial charge >= 0.3 is 5.97 Å². The van der Waals surface area contributed by atoms with Gasteiger partial charge in [0.2, 0.25) is 0 Å². The van der Waals surface area contributed by atoms with Crippen molar-refractivity contribution in [3.05, 3.63) is 33.4 Å². The Morgan fingerprint density at radius 3 is 2.69 bits per heavy atom. The van der Waals surface area contributed by atoms with Gasteiger partial charge in [0.25, 0.3) is 5.69 Å². The first-order chi connectivity index (χ1) is 7.51. The first-order valence-corrected chi connectivity index (χ1v) is 4.07. The highest BCUT2D eigenvalue weighted by molar-refractivity contribution is 5.94. The van der Waals surface area contributed by atoms with E-state index >= 15 is 0 Å².